The van der Waals surface area contributed by atoms with Crippen molar-refractivity contribution in [3.63, 3.8) is 0 Å². The number of rotatable bonds is 5. The third-order valence-corrected chi connectivity index (χ3v) is 4.64. The molecule has 124 valence electrons. The van der Waals surface area contributed by atoms with Gasteiger partial charge in [-0.05, 0) is 36.4 Å². The number of hydrogen-bond donors (Lipinski definition) is 0. The van der Waals surface area contributed by atoms with Gasteiger partial charge in [0.25, 0.3) is 5.89 Å². The topological polar surface area (TPSA) is 82.3 Å². The van der Waals surface area contributed by atoms with E-state index in [1.54, 1.807) is 24.3 Å². The second-order valence-corrected chi connectivity index (χ2v) is 7.44. The maximum absolute atomic E-state index is 11.4. The highest BCUT2D eigenvalue weighted by Gasteiger charge is 2.12. The molecule has 1 aromatic heterocycles. The van der Waals surface area contributed by atoms with Crippen LogP contribution in [0.2, 0.25) is 5.02 Å². The van der Waals surface area contributed by atoms with Crippen molar-refractivity contribution in [3.8, 4) is 17.2 Å². The highest BCUT2D eigenvalue weighted by atomic mass is 35.5. The molecule has 0 bridgehead atoms. The van der Waals surface area contributed by atoms with E-state index < -0.39 is 9.84 Å². The molecule has 3 rings (SSSR count). The molecule has 1 heterocycles. The van der Waals surface area contributed by atoms with E-state index in [-0.39, 0.29) is 17.4 Å². The summed E-state index contributed by atoms with van der Waals surface area (Å²) in [6.07, 6.45) is 1.15. The molecular weight excluding hydrogens is 352 g/mol. The number of hydrogen-bond acceptors (Lipinski definition) is 6. The molecule has 0 N–H and O–H groups in total. The van der Waals surface area contributed by atoms with Crippen LogP contribution in [0, 0.1) is 0 Å². The van der Waals surface area contributed by atoms with E-state index in [0.29, 0.717) is 22.2 Å². The zero-order chi connectivity index (χ0) is 17.2. The number of halogens is 1. The molecule has 0 aliphatic heterocycles. The molecule has 0 spiro atoms. The molecule has 3 aromatic rings. The van der Waals surface area contributed by atoms with Gasteiger partial charge in [-0.1, -0.05) is 23.7 Å². The summed E-state index contributed by atoms with van der Waals surface area (Å²) < 4.78 is 33.8. The van der Waals surface area contributed by atoms with Gasteiger partial charge in [-0.2, -0.15) is 0 Å². The van der Waals surface area contributed by atoms with Crippen molar-refractivity contribution < 1.29 is 17.6 Å². The lowest BCUT2D eigenvalue weighted by molar-refractivity contribution is 0.264. The smallest absolute Gasteiger partial charge is 0.254 e. The van der Waals surface area contributed by atoms with Crippen molar-refractivity contribution in [1.29, 1.82) is 0 Å². The van der Waals surface area contributed by atoms with Gasteiger partial charge in [-0.25, -0.2) is 8.42 Å². The first-order chi connectivity index (χ1) is 11.4. The van der Waals surface area contributed by atoms with Crippen LogP contribution < -0.4 is 4.74 Å². The molecule has 0 aliphatic rings. The zero-order valence-corrected chi connectivity index (χ0v) is 14.2. The molecule has 24 heavy (non-hydrogen) atoms. The Balaban J connectivity index is 1.69. The minimum Gasteiger partial charge on any atom is -0.484 e. The van der Waals surface area contributed by atoms with E-state index in [1.165, 1.54) is 12.1 Å². The van der Waals surface area contributed by atoms with Crippen LogP contribution in [0.15, 0.2) is 57.8 Å². The fraction of sp³-hybridized carbons (Fsp3) is 0.125. The molecular formula is C16H13ClN2O4S. The van der Waals surface area contributed by atoms with Gasteiger partial charge in [0.15, 0.2) is 16.4 Å². The summed E-state index contributed by atoms with van der Waals surface area (Å²) in [5.74, 6) is 1.10. The first-order valence-corrected chi connectivity index (χ1v) is 9.20. The lowest BCUT2D eigenvalue weighted by Gasteiger charge is -2.04. The van der Waals surface area contributed by atoms with Crippen LogP contribution in [-0.4, -0.2) is 24.9 Å². The van der Waals surface area contributed by atoms with E-state index in [4.69, 9.17) is 20.8 Å². The molecule has 8 heteroatoms. The van der Waals surface area contributed by atoms with Crippen molar-refractivity contribution in [2.24, 2.45) is 0 Å². The number of sulfone groups is 1. The van der Waals surface area contributed by atoms with Gasteiger partial charge in [-0.15, -0.1) is 10.2 Å². The summed E-state index contributed by atoms with van der Waals surface area (Å²) in [7, 11) is -3.23. The van der Waals surface area contributed by atoms with Gasteiger partial charge in [0.1, 0.15) is 5.75 Å². The van der Waals surface area contributed by atoms with Crippen LogP contribution >= 0.6 is 11.6 Å². The molecule has 0 fully saturated rings. The number of aromatic nitrogens is 2. The Hall–Kier alpha value is -2.38. The summed E-state index contributed by atoms with van der Waals surface area (Å²) in [5, 5.41) is 8.37. The lowest BCUT2D eigenvalue weighted by atomic mass is 10.2. The highest BCUT2D eigenvalue weighted by molar-refractivity contribution is 7.90. The van der Waals surface area contributed by atoms with Crippen molar-refractivity contribution in [2.75, 3.05) is 6.26 Å². The molecule has 6 nitrogen and oxygen atoms in total. The Kier molecular flexibility index (Phi) is 4.55. The Morgan fingerprint density at radius 3 is 2.46 bits per heavy atom. The SMILES string of the molecule is CS(=O)(=O)c1ccc(OCc2nnc(-c3ccccc3Cl)o2)cc1. The molecule has 2 aromatic carbocycles. The molecule has 0 saturated carbocycles. The summed E-state index contributed by atoms with van der Waals surface area (Å²) in [6, 6.07) is 13.3. The molecule has 0 atom stereocenters. The summed E-state index contributed by atoms with van der Waals surface area (Å²) in [5.41, 5.74) is 0.649. The molecule has 0 amide bonds. The van der Waals surface area contributed by atoms with Crippen LogP contribution in [0.25, 0.3) is 11.5 Å². The fourth-order valence-electron chi connectivity index (χ4n) is 1.98. The average Bonchev–Trinajstić information content (AvgIpc) is 3.02. The minimum atomic E-state index is -3.23. The fourth-order valence-corrected chi connectivity index (χ4v) is 2.83. The summed E-state index contributed by atoms with van der Waals surface area (Å²) in [6.45, 7) is 0.0652. The zero-order valence-electron chi connectivity index (χ0n) is 12.6. The highest BCUT2D eigenvalue weighted by Crippen LogP contribution is 2.26. The van der Waals surface area contributed by atoms with Crippen molar-refractivity contribution >= 4 is 21.4 Å². The second kappa shape index (κ2) is 6.62. The van der Waals surface area contributed by atoms with Crippen LogP contribution in [-0.2, 0) is 16.4 Å². The largest absolute Gasteiger partial charge is 0.484 e. The van der Waals surface area contributed by atoms with Crippen molar-refractivity contribution in [2.45, 2.75) is 11.5 Å². The Labute approximate surface area is 144 Å². The van der Waals surface area contributed by atoms with Gasteiger partial charge >= 0.3 is 0 Å². The standard InChI is InChI=1S/C16H13ClN2O4S/c1-24(20,21)12-8-6-11(7-9-12)22-10-15-18-19-16(23-15)13-4-2-3-5-14(13)17/h2-9H,10H2,1H3. The first-order valence-electron chi connectivity index (χ1n) is 6.94. The predicted octanol–water partition coefficient (Wildman–Crippen LogP) is 3.37. The molecule has 0 unspecified atom stereocenters. The summed E-state index contributed by atoms with van der Waals surface area (Å²) >= 11 is 6.08. The van der Waals surface area contributed by atoms with Gasteiger partial charge in [0.05, 0.1) is 15.5 Å². The predicted molar refractivity (Wildman–Crippen MR) is 88.6 cm³/mol. The maximum Gasteiger partial charge on any atom is 0.254 e. The van der Waals surface area contributed by atoms with Crippen molar-refractivity contribution in [3.05, 3.63) is 59.4 Å². The van der Waals surface area contributed by atoms with Crippen LogP contribution in [0.1, 0.15) is 5.89 Å². The van der Waals surface area contributed by atoms with Crippen LogP contribution in [0.4, 0.5) is 0 Å². The number of benzene rings is 2. The maximum atomic E-state index is 11.4. The Bertz CT molecular complexity index is 952. The van der Waals surface area contributed by atoms with Gasteiger partial charge in [0.2, 0.25) is 5.89 Å². The van der Waals surface area contributed by atoms with E-state index in [2.05, 4.69) is 10.2 Å². The van der Waals surface area contributed by atoms with Gasteiger partial charge in [0, 0.05) is 6.26 Å². The minimum absolute atomic E-state index is 0.0652. The summed E-state index contributed by atoms with van der Waals surface area (Å²) in [4.78, 5) is 0.230. The monoisotopic (exact) mass is 364 g/mol. The van der Waals surface area contributed by atoms with Crippen LogP contribution in [0.5, 0.6) is 5.75 Å². The lowest BCUT2D eigenvalue weighted by Crippen LogP contribution is -1.98. The van der Waals surface area contributed by atoms with E-state index in [1.807, 2.05) is 12.1 Å². The normalized spacial score (nSPS) is 11.4. The van der Waals surface area contributed by atoms with E-state index in [0.717, 1.165) is 6.26 Å². The van der Waals surface area contributed by atoms with Crippen LogP contribution in [0.3, 0.4) is 0 Å². The van der Waals surface area contributed by atoms with Gasteiger partial charge in [-0.3, -0.25) is 0 Å². The molecule has 0 radical (unpaired) electrons. The quantitative estimate of drug-likeness (QED) is 0.690. The van der Waals surface area contributed by atoms with Gasteiger partial charge < -0.3 is 9.15 Å². The van der Waals surface area contributed by atoms with Crippen molar-refractivity contribution in [1.82, 2.24) is 10.2 Å². The second-order valence-electron chi connectivity index (χ2n) is 5.01. The average molecular weight is 365 g/mol. The Morgan fingerprint density at radius 1 is 1.08 bits per heavy atom. The molecule has 0 saturated heterocycles. The van der Waals surface area contributed by atoms with E-state index in [9.17, 15) is 8.42 Å². The third kappa shape index (κ3) is 3.74. The number of nitrogens with zero attached hydrogens (tertiary/aromatic N) is 2. The third-order valence-electron chi connectivity index (χ3n) is 3.19. The Morgan fingerprint density at radius 2 is 1.79 bits per heavy atom. The number of ether oxygens (including phenoxy) is 1. The van der Waals surface area contributed by atoms with E-state index >= 15 is 0 Å². The molecule has 0 aliphatic carbocycles. The first kappa shape index (κ1) is 16.5.